The molecule has 0 bridgehead atoms. The normalized spacial score (nSPS) is 15.8. The molecule has 0 radical (unpaired) electrons. The van der Waals surface area contributed by atoms with Gasteiger partial charge in [-0.15, -0.1) is 0 Å². The Labute approximate surface area is 180 Å². The maximum absolute atomic E-state index is 13.3. The van der Waals surface area contributed by atoms with Crippen LogP contribution in [0.2, 0.25) is 0 Å². The molecule has 0 spiro atoms. The molecule has 1 aromatic heterocycles. The van der Waals surface area contributed by atoms with E-state index in [1.807, 2.05) is 24.3 Å². The molecule has 0 saturated carbocycles. The lowest BCUT2D eigenvalue weighted by Crippen LogP contribution is -2.45. The Hall–Kier alpha value is -4.00. The van der Waals surface area contributed by atoms with Gasteiger partial charge < -0.3 is 9.47 Å². The van der Waals surface area contributed by atoms with E-state index in [2.05, 4.69) is 9.98 Å². The Morgan fingerprint density at radius 1 is 1.00 bits per heavy atom. The van der Waals surface area contributed by atoms with Crippen LogP contribution in [0.3, 0.4) is 0 Å². The number of nitrogens with zero attached hydrogens (tertiary/aromatic N) is 3. The molecule has 1 aliphatic rings. The minimum absolute atomic E-state index is 0.297. The van der Waals surface area contributed by atoms with Crippen LogP contribution < -0.4 is 14.4 Å². The lowest BCUT2D eigenvalue weighted by atomic mass is 9.89. The first-order valence-corrected chi connectivity index (χ1v) is 9.73. The molecular weight excluding hydrogens is 394 g/mol. The first kappa shape index (κ1) is 20.3. The van der Waals surface area contributed by atoms with Crippen LogP contribution in [0.4, 0.5) is 5.82 Å². The standard InChI is InChI=1S/C24H21N3O4/c1-30-20-11-10-16(13-21(20)31-2)14-25-15-19-17-7-3-4-8-18(17)23(28)27(24(19)29)22-9-5-6-12-26-22/h3-13,15,19H,14H2,1-2H3. The largest absolute Gasteiger partial charge is 0.493 e. The Kier molecular flexibility index (Phi) is 5.75. The molecule has 2 heterocycles. The second-order valence-electron chi connectivity index (χ2n) is 6.91. The van der Waals surface area contributed by atoms with E-state index in [1.165, 1.54) is 0 Å². The van der Waals surface area contributed by atoms with Crippen molar-refractivity contribution in [2.75, 3.05) is 19.1 Å². The molecule has 0 N–H and O–H groups in total. The lowest BCUT2D eigenvalue weighted by molar-refractivity contribution is -0.118. The highest BCUT2D eigenvalue weighted by atomic mass is 16.5. The van der Waals surface area contributed by atoms with E-state index in [0.29, 0.717) is 35.0 Å². The molecule has 2 aromatic carbocycles. The van der Waals surface area contributed by atoms with Gasteiger partial charge in [-0.05, 0) is 41.5 Å². The summed E-state index contributed by atoms with van der Waals surface area (Å²) in [6, 6.07) is 17.8. The predicted octanol–water partition coefficient (Wildman–Crippen LogP) is 3.64. The van der Waals surface area contributed by atoms with Crippen molar-refractivity contribution >= 4 is 23.8 Å². The molecule has 1 unspecified atom stereocenters. The molecule has 156 valence electrons. The summed E-state index contributed by atoms with van der Waals surface area (Å²) in [6.07, 6.45) is 3.15. The van der Waals surface area contributed by atoms with Gasteiger partial charge >= 0.3 is 0 Å². The number of methoxy groups -OCH3 is 2. The number of carbonyl (C=O) groups excluding carboxylic acids is 2. The van der Waals surface area contributed by atoms with Crippen LogP contribution >= 0.6 is 0 Å². The Bertz CT molecular complexity index is 1140. The smallest absolute Gasteiger partial charge is 0.266 e. The molecule has 4 rings (SSSR count). The number of benzene rings is 2. The molecular formula is C24H21N3O4. The van der Waals surface area contributed by atoms with Crippen molar-refractivity contribution in [1.29, 1.82) is 0 Å². The zero-order chi connectivity index (χ0) is 21.8. The van der Waals surface area contributed by atoms with Gasteiger partial charge in [-0.25, -0.2) is 9.88 Å². The van der Waals surface area contributed by atoms with Gasteiger partial charge in [-0.3, -0.25) is 14.6 Å². The number of imide groups is 1. The van der Waals surface area contributed by atoms with E-state index in [-0.39, 0.29) is 11.8 Å². The topological polar surface area (TPSA) is 81.1 Å². The average Bonchev–Trinajstić information content (AvgIpc) is 2.82. The van der Waals surface area contributed by atoms with Crippen LogP contribution in [-0.2, 0) is 11.3 Å². The Morgan fingerprint density at radius 3 is 2.52 bits per heavy atom. The number of aromatic nitrogens is 1. The second-order valence-corrected chi connectivity index (χ2v) is 6.91. The number of ether oxygens (including phenoxy) is 2. The number of fused-ring (bicyclic) bond motifs is 1. The van der Waals surface area contributed by atoms with Gasteiger partial charge in [-0.1, -0.05) is 30.3 Å². The van der Waals surface area contributed by atoms with Gasteiger partial charge in [-0.2, -0.15) is 0 Å². The van der Waals surface area contributed by atoms with Crippen molar-refractivity contribution in [3.8, 4) is 11.5 Å². The maximum Gasteiger partial charge on any atom is 0.266 e. The van der Waals surface area contributed by atoms with Crippen LogP contribution in [-0.4, -0.2) is 37.2 Å². The summed E-state index contributed by atoms with van der Waals surface area (Å²) >= 11 is 0. The van der Waals surface area contributed by atoms with Gasteiger partial charge in [0, 0.05) is 18.0 Å². The second kappa shape index (κ2) is 8.79. The Balaban J connectivity index is 1.64. The fourth-order valence-electron chi connectivity index (χ4n) is 3.55. The molecule has 1 atom stereocenters. The fourth-order valence-corrected chi connectivity index (χ4v) is 3.55. The summed E-state index contributed by atoms with van der Waals surface area (Å²) in [5.74, 6) is 0.0981. The molecule has 0 aliphatic carbocycles. The van der Waals surface area contributed by atoms with Crippen molar-refractivity contribution in [2.24, 2.45) is 4.99 Å². The van der Waals surface area contributed by atoms with Crippen molar-refractivity contribution < 1.29 is 19.1 Å². The summed E-state index contributed by atoms with van der Waals surface area (Å²) in [6.45, 7) is 0.351. The highest BCUT2D eigenvalue weighted by molar-refractivity contribution is 6.28. The number of pyridine rings is 1. The highest BCUT2D eigenvalue weighted by Gasteiger charge is 2.39. The first-order valence-electron chi connectivity index (χ1n) is 9.73. The van der Waals surface area contributed by atoms with E-state index in [9.17, 15) is 9.59 Å². The number of hydrogen-bond donors (Lipinski definition) is 0. The number of hydrogen-bond acceptors (Lipinski definition) is 6. The maximum atomic E-state index is 13.3. The minimum atomic E-state index is -0.684. The summed E-state index contributed by atoms with van der Waals surface area (Å²) in [7, 11) is 3.15. The quantitative estimate of drug-likeness (QED) is 0.454. The first-order chi connectivity index (χ1) is 15.1. The molecule has 31 heavy (non-hydrogen) atoms. The molecule has 7 heteroatoms. The summed E-state index contributed by atoms with van der Waals surface area (Å²) in [5.41, 5.74) is 2.01. The summed E-state index contributed by atoms with van der Waals surface area (Å²) < 4.78 is 10.6. The van der Waals surface area contributed by atoms with E-state index < -0.39 is 5.92 Å². The predicted molar refractivity (Wildman–Crippen MR) is 117 cm³/mol. The van der Waals surface area contributed by atoms with Crippen LogP contribution in [0, 0.1) is 0 Å². The fraction of sp³-hybridized carbons (Fsp3) is 0.167. The van der Waals surface area contributed by atoms with Gasteiger partial charge in [0.25, 0.3) is 5.91 Å². The van der Waals surface area contributed by atoms with Crippen molar-refractivity contribution in [2.45, 2.75) is 12.5 Å². The SMILES string of the molecule is COc1ccc(CN=CC2C(=O)N(c3ccccn3)C(=O)c3ccccc32)cc1OC. The van der Waals surface area contributed by atoms with Crippen LogP contribution in [0.5, 0.6) is 11.5 Å². The number of rotatable bonds is 6. The molecule has 0 saturated heterocycles. The van der Waals surface area contributed by atoms with Gasteiger partial charge in [0.05, 0.1) is 26.7 Å². The van der Waals surface area contributed by atoms with Gasteiger partial charge in [0.15, 0.2) is 11.5 Å². The average molecular weight is 415 g/mol. The number of carbonyl (C=O) groups is 2. The third-order valence-corrected chi connectivity index (χ3v) is 5.07. The van der Waals surface area contributed by atoms with Crippen molar-refractivity contribution in [3.05, 3.63) is 83.6 Å². The van der Waals surface area contributed by atoms with E-state index >= 15 is 0 Å². The molecule has 3 aromatic rings. The summed E-state index contributed by atoms with van der Waals surface area (Å²) in [5, 5.41) is 0. The van der Waals surface area contributed by atoms with Crippen LogP contribution in [0.25, 0.3) is 0 Å². The summed E-state index contributed by atoms with van der Waals surface area (Å²) in [4.78, 5) is 36.1. The molecule has 0 fully saturated rings. The van der Waals surface area contributed by atoms with Crippen molar-refractivity contribution in [3.63, 3.8) is 0 Å². The number of aliphatic imine (C=N–C) groups is 1. The van der Waals surface area contributed by atoms with E-state index in [0.717, 1.165) is 10.5 Å². The minimum Gasteiger partial charge on any atom is -0.493 e. The third kappa shape index (κ3) is 3.90. The van der Waals surface area contributed by atoms with Crippen molar-refractivity contribution in [1.82, 2.24) is 4.98 Å². The monoisotopic (exact) mass is 415 g/mol. The highest BCUT2D eigenvalue weighted by Crippen LogP contribution is 2.31. The number of anilines is 1. The van der Waals surface area contributed by atoms with Crippen LogP contribution in [0.15, 0.2) is 71.9 Å². The van der Waals surface area contributed by atoms with Gasteiger partial charge in [0.1, 0.15) is 5.82 Å². The molecule has 2 amide bonds. The zero-order valence-electron chi connectivity index (χ0n) is 17.2. The lowest BCUT2D eigenvalue weighted by Gasteiger charge is -2.30. The molecule has 7 nitrogen and oxygen atoms in total. The van der Waals surface area contributed by atoms with E-state index in [4.69, 9.17) is 9.47 Å². The van der Waals surface area contributed by atoms with E-state index in [1.54, 1.807) is 63.0 Å². The molecule has 1 aliphatic heterocycles. The number of amides is 2. The Morgan fingerprint density at radius 2 is 1.77 bits per heavy atom. The zero-order valence-corrected chi connectivity index (χ0v) is 17.2. The van der Waals surface area contributed by atoms with Gasteiger partial charge in [0.2, 0.25) is 5.91 Å². The third-order valence-electron chi connectivity index (χ3n) is 5.07. The van der Waals surface area contributed by atoms with Crippen LogP contribution in [0.1, 0.15) is 27.4 Å².